The van der Waals surface area contributed by atoms with Crippen LogP contribution in [0.4, 0.5) is 5.13 Å². The third-order valence-corrected chi connectivity index (χ3v) is 4.34. The van der Waals surface area contributed by atoms with Crippen LogP contribution in [0.2, 0.25) is 0 Å². The first kappa shape index (κ1) is 18.9. The lowest BCUT2D eigenvalue weighted by Crippen LogP contribution is -2.14. The van der Waals surface area contributed by atoms with Gasteiger partial charge in [-0.2, -0.15) is 0 Å². The third-order valence-electron chi connectivity index (χ3n) is 3.54. The minimum Gasteiger partial charge on any atom is -0.453 e. The van der Waals surface area contributed by atoms with Gasteiger partial charge in [0.1, 0.15) is 0 Å². The molecule has 0 unspecified atom stereocenters. The van der Waals surface area contributed by atoms with Crippen molar-refractivity contribution < 1.29 is 14.3 Å². The Morgan fingerprint density at radius 1 is 1.32 bits per heavy atom. The molecule has 1 aromatic carbocycles. The van der Waals surface area contributed by atoms with Crippen molar-refractivity contribution in [2.24, 2.45) is 0 Å². The molecule has 0 aliphatic rings. The number of anilines is 1. The van der Waals surface area contributed by atoms with E-state index >= 15 is 0 Å². The number of carbonyl (C=O) groups is 2. The zero-order valence-corrected chi connectivity index (χ0v) is 15.1. The molecule has 6 heteroatoms. The molecule has 1 N–H and O–H groups in total. The highest BCUT2D eigenvalue weighted by Crippen LogP contribution is 2.16. The molecule has 5 nitrogen and oxygen atoms in total. The Labute approximate surface area is 151 Å². The van der Waals surface area contributed by atoms with E-state index in [-0.39, 0.29) is 18.1 Å². The molecule has 132 valence electrons. The van der Waals surface area contributed by atoms with Crippen LogP contribution >= 0.6 is 11.3 Å². The summed E-state index contributed by atoms with van der Waals surface area (Å²) in [5.41, 5.74) is 1.94. The van der Waals surface area contributed by atoms with Crippen molar-refractivity contribution in [1.82, 2.24) is 4.98 Å². The Hall–Kier alpha value is -2.47. The first-order chi connectivity index (χ1) is 12.1. The molecule has 0 aliphatic heterocycles. The van der Waals surface area contributed by atoms with Crippen LogP contribution in [-0.4, -0.2) is 29.9 Å². The summed E-state index contributed by atoms with van der Waals surface area (Å²) in [6, 6.07) is 7.45. The number of benzene rings is 1. The van der Waals surface area contributed by atoms with Gasteiger partial charge in [0, 0.05) is 17.5 Å². The molecule has 1 aromatic heterocycles. The molecule has 0 spiro atoms. The largest absolute Gasteiger partial charge is 0.453 e. The zero-order chi connectivity index (χ0) is 18.1. The maximum absolute atomic E-state index is 12.1. The molecule has 0 aliphatic carbocycles. The van der Waals surface area contributed by atoms with Crippen molar-refractivity contribution in [3.05, 3.63) is 59.1 Å². The number of nitrogens with one attached hydrogen (secondary N) is 1. The van der Waals surface area contributed by atoms with Gasteiger partial charge in [0.25, 0.3) is 0 Å². The summed E-state index contributed by atoms with van der Waals surface area (Å²) >= 11 is 1.30. The summed E-state index contributed by atoms with van der Waals surface area (Å²) in [5, 5.41) is 5.20. The summed E-state index contributed by atoms with van der Waals surface area (Å²) in [5.74, 6) is -0.827. The van der Waals surface area contributed by atoms with Crippen molar-refractivity contribution in [3.8, 4) is 0 Å². The fraction of sp³-hybridized carbons (Fsp3) is 0.316. The lowest BCUT2D eigenvalue weighted by atomic mass is 10.0. The van der Waals surface area contributed by atoms with Gasteiger partial charge in [-0.3, -0.25) is 4.79 Å². The van der Waals surface area contributed by atoms with Gasteiger partial charge in [-0.05, 0) is 18.4 Å². The Bertz CT molecular complexity index is 723. The number of nitrogens with zero attached hydrogens (tertiary/aromatic N) is 1. The molecule has 1 heterocycles. The number of rotatable bonds is 10. The van der Waals surface area contributed by atoms with E-state index in [0.29, 0.717) is 17.2 Å². The van der Waals surface area contributed by atoms with E-state index in [1.54, 1.807) is 23.6 Å². The van der Waals surface area contributed by atoms with Gasteiger partial charge in [0.05, 0.1) is 0 Å². The Balaban J connectivity index is 1.85. The molecule has 0 fully saturated rings. The van der Waals surface area contributed by atoms with Gasteiger partial charge in [0.15, 0.2) is 23.2 Å². The van der Waals surface area contributed by atoms with Crippen LogP contribution in [0, 0.1) is 0 Å². The molecule has 0 atom stereocenters. The Morgan fingerprint density at radius 2 is 2.08 bits per heavy atom. The number of Topliss-reactive ketones (excluding diaryl/α,β-unsaturated/α-hetero) is 1. The number of aromatic nitrogens is 1. The third kappa shape index (κ3) is 5.83. The van der Waals surface area contributed by atoms with E-state index in [4.69, 9.17) is 4.74 Å². The second-order valence-electron chi connectivity index (χ2n) is 5.51. The van der Waals surface area contributed by atoms with Gasteiger partial charge in [0.2, 0.25) is 0 Å². The molecule has 0 saturated heterocycles. The first-order valence-corrected chi connectivity index (χ1v) is 9.11. The highest BCUT2D eigenvalue weighted by Gasteiger charge is 2.15. The van der Waals surface area contributed by atoms with Crippen LogP contribution < -0.4 is 5.32 Å². The maximum Gasteiger partial charge on any atom is 0.358 e. The van der Waals surface area contributed by atoms with Crippen LogP contribution in [0.25, 0.3) is 0 Å². The smallest absolute Gasteiger partial charge is 0.358 e. The quantitative estimate of drug-likeness (QED) is 0.393. The fourth-order valence-electron chi connectivity index (χ4n) is 2.13. The molecule has 0 saturated carbocycles. The van der Waals surface area contributed by atoms with Crippen molar-refractivity contribution in [2.45, 2.75) is 26.2 Å². The summed E-state index contributed by atoms with van der Waals surface area (Å²) < 4.78 is 5.06. The van der Waals surface area contributed by atoms with Crippen LogP contribution in [0.3, 0.4) is 0 Å². The van der Waals surface area contributed by atoms with E-state index < -0.39 is 5.97 Å². The van der Waals surface area contributed by atoms with Crippen LogP contribution in [0.5, 0.6) is 0 Å². The number of ether oxygens (including phenoxy) is 1. The average Bonchev–Trinajstić information content (AvgIpc) is 3.12. The van der Waals surface area contributed by atoms with Gasteiger partial charge in [-0.15, -0.1) is 17.9 Å². The number of ketones is 1. The molecule has 0 amide bonds. The summed E-state index contributed by atoms with van der Waals surface area (Å²) in [6.45, 7) is 6.02. The Morgan fingerprint density at radius 3 is 2.76 bits per heavy atom. The maximum atomic E-state index is 12.1. The number of hydrogen-bond donors (Lipinski definition) is 1. The van der Waals surface area contributed by atoms with Crippen LogP contribution in [0.15, 0.2) is 42.3 Å². The fourth-order valence-corrected chi connectivity index (χ4v) is 2.82. The van der Waals surface area contributed by atoms with E-state index in [1.807, 2.05) is 12.1 Å². The van der Waals surface area contributed by atoms with Crippen molar-refractivity contribution in [1.29, 1.82) is 0 Å². The monoisotopic (exact) mass is 358 g/mol. The number of hydrogen-bond acceptors (Lipinski definition) is 6. The van der Waals surface area contributed by atoms with Crippen LogP contribution in [-0.2, 0) is 11.2 Å². The molecule has 2 aromatic rings. The number of unbranched alkanes of at least 4 members (excludes halogenated alkanes) is 1. The minimum atomic E-state index is -0.601. The molecule has 0 radical (unpaired) electrons. The van der Waals surface area contributed by atoms with E-state index in [2.05, 4.69) is 23.8 Å². The average molecular weight is 358 g/mol. The SMILES string of the molecule is C=CCNc1nc(C(=O)OCC(=O)c2ccc(CCCC)cc2)cs1. The zero-order valence-electron chi connectivity index (χ0n) is 14.3. The predicted octanol–water partition coefficient (Wildman–Crippen LogP) is 4.12. The number of thiazole rings is 1. The number of carbonyl (C=O) groups excluding carboxylic acids is 2. The second kappa shape index (κ2) is 9.74. The highest BCUT2D eigenvalue weighted by atomic mass is 32.1. The van der Waals surface area contributed by atoms with Gasteiger partial charge < -0.3 is 10.1 Å². The minimum absolute atomic E-state index is 0.194. The van der Waals surface area contributed by atoms with E-state index in [1.165, 1.54) is 16.9 Å². The Kier molecular flexibility index (Phi) is 7.35. The standard InChI is InChI=1S/C19H22N2O3S/c1-3-5-6-14-7-9-15(10-8-14)17(22)12-24-18(23)16-13-25-19(21-16)20-11-4-2/h4,7-10,13H,2-3,5-6,11-12H2,1H3,(H,20,21). The number of aryl methyl sites for hydroxylation is 1. The van der Waals surface area contributed by atoms with Crippen LogP contribution in [0.1, 0.15) is 46.2 Å². The van der Waals surface area contributed by atoms with Crippen molar-refractivity contribution in [2.75, 3.05) is 18.5 Å². The highest BCUT2D eigenvalue weighted by molar-refractivity contribution is 7.13. The molecule has 25 heavy (non-hydrogen) atoms. The molecular formula is C19H22N2O3S. The van der Waals surface area contributed by atoms with Crippen molar-refractivity contribution in [3.63, 3.8) is 0 Å². The summed E-state index contributed by atoms with van der Waals surface area (Å²) in [4.78, 5) is 28.2. The van der Waals surface area contributed by atoms with Gasteiger partial charge in [-0.1, -0.05) is 43.7 Å². The number of esters is 1. The lowest BCUT2D eigenvalue weighted by molar-refractivity contribution is 0.0470. The summed E-state index contributed by atoms with van der Waals surface area (Å²) in [6.07, 6.45) is 4.97. The predicted molar refractivity (Wildman–Crippen MR) is 100 cm³/mol. The van der Waals surface area contributed by atoms with Gasteiger partial charge in [-0.25, -0.2) is 9.78 Å². The first-order valence-electron chi connectivity index (χ1n) is 8.23. The summed E-state index contributed by atoms with van der Waals surface area (Å²) in [7, 11) is 0. The van der Waals surface area contributed by atoms with E-state index in [9.17, 15) is 9.59 Å². The van der Waals surface area contributed by atoms with E-state index in [0.717, 1.165) is 19.3 Å². The molecule has 2 rings (SSSR count). The molecule has 0 bridgehead atoms. The van der Waals surface area contributed by atoms with Gasteiger partial charge >= 0.3 is 5.97 Å². The topological polar surface area (TPSA) is 68.3 Å². The molecular weight excluding hydrogens is 336 g/mol. The second-order valence-corrected chi connectivity index (χ2v) is 6.37. The normalized spacial score (nSPS) is 10.3. The lowest BCUT2D eigenvalue weighted by Gasteiger charge is -2.04. The van der Waals surface area contributed by atoms with Crippen molar-refractivity contribution >= 4 is 28.2 Å².